The third-order valence-electron chi connectivity index (χ3n) is 3.90. The first-order chi connectivity index (χ1) is 9.70. The van der Waals surface area contributed by atoms with Crippen LogP contribution in [0.4, 0.5) is 5.82 Å². The average Bonchev–Trinajstić information content (AvgIpc) is 2.86. The monoisotopic (exact) mass is 271 g/mol. The molecule has 20 heavy (non-hydrogen) atoms. The topological polar surface area (TPSA) is 60.0 Å². The standard InChI is InChI=1S/C15H21N5/c1-12-8-13(10-17-9-12)11-19-5-2-14(3-6-19)20-7-4-15(16)18-20/h4,7-10,14H,2-3,5-6,11H2,1H3,(H2,16,18). The Morgan fingerprint density at radius 1 is 1.30 bits per heavy atom. The number of aromatic nitrogens is 3. The molecule has 1 aliphatic rings. The smallest absolute Gasteiger partial charge is 0.145 e. The Morgan fingerprint density at radius 3 is 2.75 bits per heavy atom. The molecule has 0 bridgehead atoms. The average molecular weight is 271 g/mol. The van der Waals surface area contributed by atoms with Crippen LogP contribution in [0, 0.1) is 6.92 Å². The van der Waals surface area contributed by atoms with E-state index in [-0.39, 0.29) is 0 Å². The first-order valence-corrected chi connectivity index (χ1v) is 7.14. The third-order valence-corrected chi connectivity index (χ3v) is 3.90. The van der Waals surface area contributed by atoms with Gasteiger partial charge in [-0.2, -0.15) is 5.10 Å². The second kappa shape index (κ2) is 5.63. The lowest BCUT2D eigenvalue weighted by molar-refractivity contribution is 0.173. The maximum atomic E-state index is 5.68. The molecular weight excluding hydrogens is 250 g/mol. The number of pyridine rings is 1. The number of piperidine rings is 1. The zero-order chi connectivity index (χ0) is 13.9. The Labute approximate surface area is 119 Å². The summed E-state index contributed by atoms with van der Waals surface area (Å²) in [7, 11) is 0. The molecule has 2 aromatic heterocycles. The molecule has 3 heterocycles. The Kier molecular flexibility index (Phi) is 3.69. The number of aryl methyl sites for hydroxylation is 1. The van der Waals surface area contributed by atoms with Crippen LogP contribution in [-0.4, -0.2) is 32.8 Å². The number of hydrogen-bond acceptors (Lipinski definition) is 4. The van der Waals surface area contributed by atoms with Crippen LogP contribution >= 0.6 is 0 Å². The van der Waals surface area contributed by atoms with E-state index in [1.807, 2.05) is 29.3 Å². The summed E-state index contributed by atoms with van der Waals surface area (Å²) in [6, 6.07) is 4.57. The molecule has 0 spiro atoms. The summed E-state index contributed by atoms with van der Waals surface area (Å²) in [6.07, 6.45) is 8.10. The van der Waals surface area contributed by atoms with Crippen LogP contribution in [-0.2, 0) is 6.54 Å². The molecule has 2 aromatic rings. The number of nitrogens with two attached hydrogens (primary N) is 1. The number of anilines is 1. The van der Waals surface area contributed by atoms with Crippen LogP contribution in [0.5, 0.6) is 0 Å². The summed E-state index contributed by atoms with van der Waals surface area (Å²) >= 11 is 0. The van der Waals surface area contributed by atoms with Crippen molar-refractivity contribution in [2.75, 3.05) is 18.8 Å². The fraction of sp³-hybridized carbons (Fsp3) is 0.467. The molecule has 3 rings (SSSR count). The van der Waals surface area contributed by atoms with E-state index < -0.39 is 0 Å². The van der Waals surface area contributed by atoms with Crippen molar-refractivity contribution in [2.45, 2.75) is 32.4 Å². The highest BCUT2D eigenvalue weighted by molar-refractivity contribution is 5.24. The SMILES string of the molecule is Cc1cncc(CN2CCC(n3ccc(N)n3)CC2)c1. The summed E-state index contributed by atoms with van der Waals surface area (Å²) in [5, 5.41) is 4.32. The number of nitrogens with zero attached hydrogens (tertiary/aromatic N) is 4. The first-order valence-electron chi connectivity index (χ1n) is 7.14. The van der Waals surface area contributed by atoms with Crippen LogP contribution in [0.15, 0.2) is 30.7 Å². The van der Waals surface area contributed by atoms with Gasteiger partial charge in [0.15, 0.2) is 0 Å². The van der Waals surface area contributed by atoms with E-state index in [9.17, 15) is 0 Å². The van der Waals surface area contributed by atoms with Gasteiger partial charge in [-0.05, 0) is 37.0 Å². The van der Waals surface area contributed by atoms with E-state index in [0.717, 1.165) is 32.5 Å². The van der Waals surface area contributed by atoms with E-state index in [4.69, 9.17) is 5.73 Å². The number of nitrogen functional groups attached to an aromatic ring is 1. The molecule has 5 heteroatoms. The van der Waals surface area contributed by atoms with Gasteiger partial charge in [0.25, 0.3) is 0 Å². The second-order valence-electron chi connectivity index (χ2n) is 5.60. The van der Waals surface area contributed by atoms with E-state index in [0.29, 0.717) is 11.9 Å². The van der Waals surface area contributed by atoms with Gasteiger partial charge in [-0.15, -0.1) is 0 Å². The lowest BCUT2D eigenvalue weighted by Gasteiger charge is -2.32. The molecule has 5 nitrogen and oxygen atoms in total. The molecule has 1 fully saturated rings. The lowest BCUT2D eigenvalue weighted by Crippen LogP contribution is -2.34. The molecule has 0 aromatic carbocycles. The van der Waals surface area contributed by atoms with Crippen molar-refractivity contribution >= 4 is 5.82 Å². The van der Waals surface area contributed by atoms with Gasteiger partial charge in [0.2, 0.25) is 0 Å². The molecule has 0 aliphatic carbocycles. The van der Waals surface area contributed by atoms with Crippen molar-refractivity contribution in [2.24, 2.45) is 0 Å². The molecule has 0 amide bonds. The molecule has 0 unspecified atom stereocenters. The molecule has 2 N–H and O–H groups in total. The molecular formula is C15H21N5. The molecule has 0 saturated carbocycles. The zero-order valence-electron chi connectivity index (χ0n) is 11.9. The highest BCUT2D eigenvalue weighted by atomic mass is 15.3. The Hall–Kier alpha value is -1.88. The maximum absolute atomic E-state index is 5.68. The normalized spacial score (nSPS) is 17.4. The van der Waals surface area contributed by atoms with Gasteiger partial charge in [0.1, 0.15) is 5.82 Å². The fourth-order valence-corrected chi connectivity index (χ4v) is 2.86. The molecule has 1 aliphatic heterocycles. The van der Waals surface area contributed by atoms with Crippen molar-refractivity contribution in [3.8, 4) is 0 Å². The largest absolute Gasteiger partial charge is 0.382 e. The second-order valence-corrected chi connectivity index (χ2v) is 5.60. The Bertz CT molecular complexity index is 569. The van der Waals surface area contributed by atoms with Crippen molar-refractivity contribution in [1.29, 1.82) is 0 Å². The Balaban J connectivity index is 1.56. The van der Waals surface area contributed by atoms with E-state index >= 15 is 0 Å². The van der Waals surface area contributed by atoms with Gasteiger partial charge in [-0.1, -0.05) is 6.07 Å². The van der Waals surface area contributed by atoms with Crippen molar-refractivity contribution in [3.63, 3.8) is 0 Å². The minimum Gasteiger partial charge on any atom is -0.382 e. The minimum atomic E-state index is 0.485. The van der Waals surface area contributed by atoms with E-state index in [1.54, 1.807) is 0 Å². The molecule has 0 atom stereocenters. The molecule has 1 saturated heterocycles. The predicted octanol–water partition coefficient (Wildman–Crippen LogP) is 2.01. The summed E-state index contributed by atoms with van der Waals surface area (Å²) in [5.41, 5.74) is 8.20. The summed E-state index contributed by atoms with van der Waals surface area (Å²) in [6.45, 7) is 5.27. The molecule has 0 radical (unpaired) electrons. The van der Waals surface area contributed by atoms with Crippen LogP contribution in [0.3, 0.4) is 0 Å². The fourth-order valence-electron chi connectivity index (χ4n) is 2.86. The van der Waals surface area contributed by atoms with Gasteiger partial charge in [0.05, 0.1) is 6.04 Å². The van der Waals surface area contributed by atoms with Gasteiger partial charge < -0.3 is 5.73 Å². The van der Waals surface area contributed by atoms with Crippen LogP contribution in [0.2, 0.25) is 0 Å². The first kappa shape index (κ1) is 13.1. The Morgan fingerprint density at radius 2 is 2.10 bits per heavy atom. The predicted molar refractivity (Wildman–Crippen MR) is 79.2 cm³/mol. The van der Waals surface area contributed by atoms with Crippen molar-refractivity contribution in [3.05, 3.63) is 41.9 Å². The van der Waals surface area contributed by atoms with Crippen LogP contribution in [0.1, 0.15) is 30.0 Å². The summed E-state index contributed by atoms with van der Waals surface area (Å²) in [5.74, 6) is 0.610. The van der Waals surface area contributed by atoms with Gasteiger partial charge >= 0.3 is 0 Å². The zero-order valence-corrected chi connectivity index (χ0v) is 11.9. The van der Waals surface area contributed by atoms with Gasteiger partial charge in [-0.25, -0.2) is 0 Å². The van der Waals surface area contributed by atoms with Crippen molar-refractivity contribution < 1.29 is 0 Å². The minimum absolute atomic E-state index is 0.485. The van der Waals surface area contributed by atoms with Crippen molar-refractivity contribution in [1.82, 2.24) is 19.7 Å². The van der Waals surface area contributed by atoms with Crippen LogP contribution in [0.25, 0.3) is 0 Å². The molecule has 106 valence electrons. The summed E-state index contributed by atoms with van der Waals surface area (Å²) < 4.78 is 2.01. The highest BCUT2D eigenvalue weighted by Gasteiger charge is 2.21. The third kappa shape index (κ3) is 2.99. The highest BCUT2D eigenvalue weighted by Crippen LogP contribution is 2.23. The number of hydrogen-bond donors (Lipinski definition) is 1. The maximum Gasteiger partial charge on any atom is 0.145 e. The lowest BCUT2D eigenvalue weighted by atomic mass is 10.0. The van der Waals surface area contributed by atoms with E-state index in [1.165, 1.54) is 11.1 Å². The quantitative estimate of drug-likeness (QED) is 0.927. The van der Waals surface area contributed by atoms with Gasteiger partial charge in [-0.3, -0.25) is 14.6 Å². The van der Waals surface area contributed by atoms with E-state index in [2.05, 4.69) is 28.0 Å². The number of likely N-dealkylation sites (tertiary alicyclic amines) is 1. The summed E-state index contributed by atoms with van der Waals surface area (Å²) in [4.78, 5) is 6.75. The van der Waals surface area contributed by atoms with Crippen LogP contribution < -0.4 is 5.73 Å². The number of rotatable bonds is 3. The van der Waals surface area contributed by atoms with Gasteiger partial charge in [0, 0.05) is 38.2 Å².